The molecule has 0 bridgehead atoms. The number of hydrogen-bond acceptors (Lipinski definition) is 5. The summed E-state index contributed by atoms with van der Waals surface area (Å²) in [6.07, 6.45) is 5.72. The maximum absolute atomic E-state index is 12.3. The Morgan fingerprint density at radius 2 is 1.83 bits per heavy atom. The molecule has 0 saturated heterocycles. The summed E-state index contributed by atoms with van der Waals surface area (Å²) >= 11 is 0. The zero-order valence-corrected chi connectivity index (χ0v) is 20.2. The highest BCUT2D eigenvalue weighted by Gasteiger charge is 2.25. The van der Waals surface area contributed by atoms with Gasteiger partial charge in [0.05, 0.1) is 11.2 Å². The van der Waals surface area contributed by atoms with Gasteiger partial charge in [-0.05, 0) is 66.9 Å². The molecule has 178 valence electrons. The quantitative estimate of drug-likeness (QED) is 0.331. The van der Waals surface area contributed by atoms with Crippen molar-refractivity contribution in [2.75, 3.05) is 14.1 Å². The lowest BCUT2D eigenvalue weighted by atomic mass is 9.96. The van der Waals surface area contributed by atoms with Crippen LogP contribution in [0.2, 0.25) is 0 Å². The van der Waals surface area contributed by atoms with E-state index in [-0.39, 0.29) is 5.91 Å². The van der Waals surface area contributed by atoms with Crippen LogP contribution in [0.4, 0.5) is 0 Å². The number of fused-ring (bicyclic) bond motifs is 2. The fraction of sp³-hybridized carbons (Fsp3) is 0.172. The summed E-state index contributed by atoms with van der Waals surface area (Å²) in [5.74, 6) is 1.19. The van der Waals surface area contributed by atoms with E-state index >= 15 is 0 Å². The second-order valence-corrected chi connectivity index (χ2v) is 9.08. The highest BCUT2D eigenvalue weighted by atomic mass is 16.5. The number of hydrogen-bond donors (Lipinski definition) is 0. The van der Waals surface area contributed by atoms with Crippen LogP contribution in [0.1, 0.15) is 22.5 Å². The number of rotatable bonds is 5. The van der Waals surface area contributed by atoms with Gasteiger partial charge in [-0.2, -0.15) is 5.10 Å². The Labute approximate surface area is 209 Å². The molecule has 1 aliphatic heterocycles. The Morgan fingerprint density at radius 3 is 2.67 bits per heavy atom. The van der Waals surface area contributed by atoms with Crippen molar-refractivity contribution in [2.24, 2.45) is 0 Å². The molecule has 1 amide bonds. The molecule has 7 heteroatoms. The average Bonchev–Trinajstić information content (AvgIpc) is 3.50. The topological polar surface area (TPSA) is 73.1 Å². The Bertz CT molecular complexity index is 1590. The van der Waals surface area contributed by atoms with Crippen molar-refractivity contribution in [2.45, 2.75) is 19.4 Å². The van der Waals surface area contributed by atoms with Crippen molar-refractivity contribution in [1.29, 1.82) is 0 Å². The minimum absolute atomic E-state index is 0.0670. The van der Waals surface area contributed by atoms with E-state index in [0.29, 0.717) is 17.1 Å². The van der Waals surface area contributed by atoms with Crippen molar-refractivity contribution in [3.8, 4) is 34.0 Å². The van der Waals surface area contributed by atoms with Crippen molar-refractivity contribution < 1.29 is 9.53 Å². The van der Waals surface area contributed by atoms with Crippen LogP contribution in [0.5, 0.6) is 11.5 Å². The molecule has 0 radical (unpaired) electrons. The van der Waals surface area contributed by atoms with E-state index in [1.54, 1.807) is 37.3 Å². The third-order valence-electron chi connectivity index (χ3n) is 6.46. The molecule has 1 aliphatic rings. The Hall–Kier alpha value is -4.52. The largest absolute Gasteiger partial charge is 0.457 e. The van der Waals surface area contributed by atoms with Gasteiger partial charge in [-0.1, -0.05) is 12.1 Å². The molecule has 36 heavy (non-hydrogen) atoms. The lowest BCUT2D eigenvalue weighted by Crippen LogP contribution is -2.21. The summed E-state index contributed by atoms with van der Waals surface area (Å²) in [6.45, 7) is 0.922. The summed E-state index contributed by atoms with van der Waals surface area (Å²) in [5, 5.41) is 5.96. The SMILES string of the molecule is CN(C)C(=O)c1cccc(Oc2ccc3c(-c4c(-c5ccccn5)nn5c4CCC5)ccnc3c2)c1. The number of amides is 1. The maximum atomic E-state index is 12.3. The van der Waals surface area contributed by atoms with Gasteiger partial charge in [-0.25, -0.2) is 0 Å². The standard InChI is InChI=1S/C29H25N5O2/c1-33(2)29(35)19-7-5-8-20(17-19)36-21-11-12-22-23(13-15-31-25(22)18-21)27-26-10-6-16-34(26)32-28(27)24-9-3-4-14-30-24/h3-5,7-9,11-15,17-18H,6,10,16H2,1-2H3. The number of pyridine rings is 2. The first kappa shape index (κ1) is 22.0. The van der Waals surface area contributed by atoms with Crippen LogP contribution in [-0.4, -0.2) is 44.7 Å². The molecule has 0 unspecified atom stereocenters. The fourth-order valence-electron chi connectivity index (χ4n) is 4.79. The number of aromatic nitrogens is 4. The van der Waals surface area contributed by atoms with Gasteiger partial charge in [0, 0.05) is 61.3 Å². The van der Waals surface area contributed by atoms with Crippen LogP contribution in [-0.2, 0) is 13.0 Å². The average molecular weight is 476 g/mol. The monoisotopic (exact) mass is 475 g/mol. The Balaban J connectivity index is 1.40. The van der Waals surface area contributed by atoms with Gasteiger partial charge in [0.2, 0.25) is 0 Å². The number of benzene rings is 2. The van der Waals surface area contributed by atoms with Gasteiger partial charge in [0.1, 0.15) is 17.2 Å². The van der Waals surface area contributed by atoms with Gasteiger partial charge in [0.15, 0.2) is 0 Å². The van der Waals surface area contributed by atoms with Crippen LogP contribution in [0.15, 0.2) is 79.1 Å². The Kier molecular flexibility index (Phi) is 5.45. The second kappa shape index (κ2) is 8.92. The summed E-state index contributed by atoms with van der Waals surface area (Å²) in [4.78, 5) is 23.1. The van der Waals surface area contributed by atoms with Gasteiger partial charge >= 0.3 is 0 Å². The first-order valence-electron chi connectivity index (χ1n) is 12.0. The molecule has 7 nitrogen and oxygen atoms in total. The predicted molar refractivity (Wildman–Crippen MR) is 139 cm³/mol. The van der Waals surface area contributed by atoms with E-state index in [9.17, 15) is 4.79 Å². The smallest absolute Gasteiger partial charge is 0.253 e. The van der Waals surface area contributed by atoms with Crippen molar-refractivity contribution in [3.05, 3.63) is 90.4 Å². The zero-order chi connectivity index (χ0) is 24.6. The summed E-state index contributed by atoms with van der Waals surface area (Å²) in [7, 11) is 3.47. The van der Waals surface area contributed by atoms with Crippen LogP contribution >= 0.6 is 0 Å². The second-order valence-electron chi connectivity index (χ2n) is 9.08. The summed E-state index contributed by atoms with van der Waals surface area (Å²) in [5.41, 5.74) is 6.64. The minimum atomic E-state index is -0.0670. The first-order chi connectivity index (χ1) is 17.6. The number of ether oxygens (including phenoxy) is 1. The first-order valence-corrected chi connectivity index (χ1v) is 12.0. The Morgan fingerprint density at radius 1 is 0.944 bits per heavy atom. The highest BCUT2D eigenvalue weighted by molar-refractivity contribution is 5.99. The normalized spacial score (nSPS) is 12.5. The van der Waals surface area contributed by atoms with Gasteiger partial charge < -0.3 is 9.64 Å². The molecular weight excluding hydrogens is 450 g/mol. The van der Waals surface area contributed by atoms with E-state index < -0.39 is 0 Å². The molecule has 3 aromatic heterocycles. The molecule has 0 atom stereocenters. The van der Waals surface area contributed by atoms with Gasteiger partial charge in [0.25, 0.3) is 5.91 Å². The number of aryl methyl sites for hydroxylation is 1. The lowest BCUT2D eigenvalue weighted by molar-refractivity contribution is 0.0827. The maximum Gasteiger partial charge on any atom is 0.253 e. The van der Waals surface area contributed by atoms with Crippen molar-refractivity contribution in [1.82, 2.24) is 24.6 Å². The van der Waals surface area contributed by atoms with E-state index in [1.807, 2.05) is 54.7 Å². The predicted octanol–water partition coefficient (Wildman–Crippen LogP) is 5.60. The molecule has 0 fully saturated rings. The molecule has 0 aliphatic carbocycles. The molecule has 0 N–H and O–H groups in total. The van der Waals surface area contributed by atoms with E-state index in [4.69, 9.17) is 9.84 Å². The number of carbonyl (C=O) groups is 1. The summed E-state index contributed by atoms with van der Waals surface area (Å²) < 4.78 is 8.23. The van der Waals surface area contributed by atoms with Gasteiger partial charge in [-0.3, -0.25) is 19.4 Å². The molecule has 6 rings (SSSR count). The molecule has 2 aromatic carbocycles. The number of nitrogens with zero attached hydrogens (tertiary/aromatic N) is 5. The van der Waals surface area contributed by atoms with E-state index in [0.717, 1.165) is 52.8 Å². The lowest BCUT2D eigenvalue weighted by Gasteiger charge is -2.13. The zero-order valence-electron chi connectivity index (χ0n) is 20.2. The fourth-order valence-corrected chi connectivity index (χ4v) is 4.79. The molecule has 0 saturated carbocycles. The molecular formula is C29H25N5O2. The van der Waals surface area contributed by atoms with Crippen molar-refractivity contribution in [3.63, 3.8) is 0 Å². The summed E-state index contributed by atoms with van der Waals surface area (Å²) in [6, 6.07) is 21.1. The molecule has 4 heterocycles. The minimum Gasteiger partial charge on any atom is -0.457 e. The van der Waals surface area contributed by atoms with Crippen molar-refractivity contribution >= 4 is 16.8 Å². The van der Waals surface area contributed by atoms with Crippen LogP contribution in [0, 0.1) is 0 Å². The van der Waals surface area contributed by atoms with Crippen LogP contribution in [0.25, 0.3) is 33.4 Å². The third kappa shape index (κ3) is 3.88. The molecule has 5 aromatic rings. The van der Waals surface area contributed by atoms with Crippen LogP contribution < -0.4 is 4.74 Å². The highest BCUT2D eigenvalue weighted by Crippen LogP contribution is 2.40. The number of carbonyl (C=O) groups excluding carboxylic acids is 1. The van der Waals surface area contributed by atoms with E-state index in [1.165, 1.54) is 5.69 Å². The van der Waals surface area contributed by atoms with E-state index in [2.05, 4.69) is 20.7 Å². The third-order valence-corrected chi connectivity index (χ3v) is 6.46. The van der Waals surface area contributed by atoms with Crippen LogP contribution in [0.3, 0.4) is 0 Å². The van der Waals surface area contributed by atoms with Gasteiger partial charge in [-0.15, -0.1) is 0 Å². The molecule has 0 spiro atoms.